The Morgan fingerprint density at radius 3 is 2.14 bits per heavy atom. The Labute approximate surface area is 89.8 Å². The van der Waals surface area contributed by atoms with E-state index >= 15 is 0 Å². The zero-order chi connectivity index (χ0) is 11.1. The lowest BCUT2D eigenvalue weighted by Crippen LogP contribution is -2.13. The van der Waals surface area contributed by atoms with Crippen LogP contribution < -0.4 is 0 Å². The van der Waals surface area contributed by atoms with Crippen LogP contribution in [0, 0.1) is 22.7 Å². The summed E-state index contributed by atoms with van der Waals surface area (Å²) in [5.74, 6) is 1.61. The van der Waals surface area contributed by atoms with Gasteiger partial charge in [0.1, 0.15) is 0 Å². The summed E-state index contributed by atoms with van der Waals surface area (Å²) in [7, 11) is 0. The van der Waals surface area contributed by atoms with E-state index < -0.39 is 0 Å². The van der Waals surface area contributed by atoms with Crippen molar-refractivity contribution in [2.24, 2.45) is 22.7 Å². The van der Waals surface area contributed by atoms with Crippen molar-refractivity contribution in [1.82, 2.24) is 0 Å². The molecule has 0 radical (unpaired) electrons. The maximum absolute atomic E-state index is 2.53. The van der Waals surface area contributed by atoms with Crippen molar-refractivity contribution in [3.8, 4) is 0 Å². The standard InChI is InChI=1S/C14H26/c1-8-11(4)9-13(6)12(5)14(13,7)10(2)3/h9-10,12H,8H2,1-7H3. The van der Waals surface area contributed by atoms with Crippen molar-refractivity contribution in [1.29, 1.82) is 0 Å². The number of hydrogen-bond donors (Lipinski definition) is 0. The van der Waals surface area contributed by atoms with E-state index in [1.54, 1.807) is 5.57 Å². The van der Waals surface area contributed by atoms with Crippen LogP contribution in [0.2, 0.25) is 0 Å². The first-order valence-electron chi connectivity index (χ1n) is 5.99. The van der Waals surface area contributed by atoms with Crippen LogP contribution in [0.4, 0.5) is 0 Å². The fraction of sp³-hybridized carbons (Fsp3) is 0.857. The molecule has 0 aliphatic heterocycles. The second-order valence-corrected chi connectivity index (χ2v) is 5.79. The molecule has 82 valence electrons. The summed E-state index contributed by atoms with van der Waals surface area (Å²) in [6.45, 7) is 16.5. The molecule has 0 spiro atoms. The van der Waals surface area contributed by atoms with Crippen molar-refractivity contribution in [2.75, 3.05) is 0 Å². The molecule has 1 aliphatic rings. The van der Waals surface area contributed by atoms with Gasteiger partial charge < -0.3 is 0 Å². The van der Waals surface area contributed by atoms with E-state index in [2.05, 4.69) is 54.5 Å². The largest absolute Gasteiger partial charge is 0.0788 e. The summed E-state index contributed by atoms with van der Waals surface area (Å²) in [4.78, 5) is 0. The van der Waals surface area contributed by atoms with E-state index in [4.69, 9.17) is 0 Å². The van der Waals surface area contributed by atoms with Gasteiger partial charge in [-0.1, -0.05) is 53.2 Å². The average molecular weight is 194 g/mol. The zero-order valence-corrected chi connectivity index (χ0v) is 10.9. The van der Waals surface area contributed by atoms with Crippen LogP contribution in [-0.2, 0) is 0 Å². The van der Waals surface area contributed by atoms with E-state index in [0.29, 0.717) is 10.8 Å². The Kier molecular flexibility index (Phi) is 2.87. The topological polar surface area (TPSA) is 0 Å². The molecule has 0 saturated heterocycles. The van der Waals surface area contributed by atoms with Crippen molar-refractivity contribution in [2.45, 2.75) is 54.9 Å². The smallest absolute Gasteiger partial charge is 0.00537 e. The van der Waals surface area contributed by atoms with Crippen LogP contribution >= 0.6 is 0 Å². The Morgan fingerprint density at radius 1 is 1.36 bits per heavy atom. The zero-order valence-electron chi connectivity index (χ0n) is 10.9. The molecular weight excluding hydrogens is 168 g/mol. The quantitative estimate of drug-likeness (QED) is 0.573. The lowest BCUT2D eigenvalue weighted by Gasteiger charge is -2.20. The van der Waals surface area contributed by atoms with Crippen LogP contribution in [0.25, 0.3) is 0 Å². The highest BCUT2D eigenvalue weighted by molar-refractivity contribution is 5.27. The molecule has 0 aromatic heterocycles. The average Bonchev–Trinajstić information content (AvgIpc) is 2.53. The maximum atomic E-state index is 2.53. The minimum absolute atomic E-state index is 0.446. The first kappa shape index (κ1) is 11.8. The Morgan fingerprint density at radius 2 is 1.86 bits per heavy atom. The molecule has 3 atom stereocenters. The van der Waals surface area contributed by atoms with Gasteiger partial charge in [-0.25, -0.2) is 0 Å². The Bertz CT molecular complexity index is 249. The van der Waals surface area contributed by atoms with Crippen molar-refractivity contribution >= 4 is 0 Å². The minimum atomic E-state index is 0.446. The van der Waals surface area contributed by atoms with E-state index in [1.807, 2.05) is 0 Å². The van der Waals surface area contributed by atoms with Gasteiger partial charge in [0.15, 0.2) is 0 Å². The van der Waals surface area contributed by atoms with E-state index in [0.717, 1.165) is 11.8 Å². The van der Waals surface area contributed by atoms with Gasteiger partial charge >= 0.3 is 0 Å². The molecule has 0 heteroatoms. The van der Waals surface area contributed by atoms with Crippen molar-refractivity contribution in [3.05, 3.63) is 11.6 Å². The minimum Gasteiger partial charge on any atom is -0.0788 e. The van der Waals surface area contributed by atoms with Crippen LogP contribution in [0.15, 0.2) is 11.6 Å². The molecule has 1 saturated carbocycles. The summed E-state index contributed by atoms with van der Waals surface area (Å²) in [5, 5.41) is 0. The van der Waals surface area contributed by atoms with E-state index in [-0.39, 0.29) is 0 Å². The Balaban J connectivity index is 2.91. The molecule has 3 unspecified atom stereocenters. The highest BCUT2D eigenvalue weighted by atomic mass is 14.7. The summed E-state index contributed by atoms with van der Waals surface area (Å²) in [5.41, 5.74) is 2.51. The molecule has 0 aromatic rings. The lowest BCUT2D eigenvalue weighted by atomic mass is 9.84. The highest BCUT2D eigenvalue weighted by Crippen LogP contribution is 2.73. The molecule has 14 heavy (non-hydrogen) atoms. The second-order valence-electron chi connectivity index (χ2n) is 5.79. The first-order valence-corrected chi connectivity index (χ1v) is 5.99. The van der Waals surface area contributed by atoms with Gasteiger partial charge in [-0.05, 0) is 36.0 Å². The van der Waals surface area contributed by atoms with E-state index in [1.165, 1.54) is 6.42 Å². The van der Waals surface area contributed by atoms with Crippen LogP contribution in [0.3, 0.4) is 0 Å². The van der Waals surface area contributed by atoms with Crippen molar-refractivity contribution in [3.63, 3.8) is 0 Å². The van der Waals surface area contributed by atoms with E-state index in [9.17, 15) is 0 Å². The monoisotopic (exact) mass is 194 g/mol. The fourth-order valence-electron chi connectivity index (χ4n) is 3.14. The third kappa shape index (κ3) is 1.34. The molecule has 0 N–H and O–H groups in total. The van der Waals surface area contributed by atoms with Gasteiger partial charge in [0.2, 0.25) is 0 Å². The van der Waals surface area contributed by atoms with Crippen LogP contribution in [0.5, 0.6) is 0 Å². The summed E-state index contributed by atoms with van der Waals surface area (Å²) in [6.07, 6.45) is 3.72. The number of allylic oxidation sites excluding steroid dienone is 2. The first-order chi connectivity index (χ1) is 6.30. The molecule has 1 aliphatic carbocycles. The number of rotatable bonds is 3. The van der Waals surface area contributed by atoms with Crippen LogP contribution in [-0.4, -0.2) is 0 Å². The Hall–Kier alpha value is -0.260. The summed E-state index contributed by atoms with van der Waals surface area (Å²) < 4.78 is 0. The molecule has 1 fully saturated rings. The molecule has 0 nitrogen and oxygen atoms in total. The third-order valence-corrected chi connectivity index (χ3v) is 5.18. The van der Waals surface area contributed by atoms with Gasteiger partial charge in [-0.3, -0.25) is 0 Å². The van der Waals surface area contributed by atoms with Gasteiger partial charge in [0.25, 0.3) is 0 Å². The predicted octanol–water partition coefficient (Wildman–Crippen LogP) is 4.66. The molecule has 0 amide bonds. The normalized spacial score (nSPS) is 43.1. The molecule has 0 heterocycles. The maximum Gasteiger partial charge on any atom is -0.00537 e. The molecule has 0 aromatic carbocycles. The summed E-state index contributed by atoms with van der Waals surface area (Å²) >= 11 is 0. The van der Waals surface area contributed by atoms with Gasteiger partial charge in [-0.15, -0.1) is 0 Å². The SMILES string of the molecule is CCC(C)=CC1(C)C(C)C1(C)C(C)C. The second kappa shape index (κ2) is 3.40. The highest BCUT2D eigenvalue weighted by Gasteiger charge is 2.67. The van der Waals surface area contributed by atoms with Crippen LogP contribution in [0.1, 0.15) is 54.9 Å². The molecule has 0 bridgehead atoms. The third-order valence-electron chi connectivity index (χ3n) is 5.18. The summed E-state index contributed by atoms with van der Waals surface area (Å²) in [6, 6.07) is 0. The van der Waals surface area contributed by atoms with Gasteiger partial charge in [-0.2, -0.15) is 0 Å². The van der Waals surface area contributed by atoms with Gasteiger partial charge in [0.05, 0.1) is 0 Å². The van der Waals surface area contributed by atoms with Crippen molar-refractivity contribution < 1.29 is 0 Å². The number of hydrogen-bond acceptors (Lipinski definition) is 0. The molecule has 1 rings (SSSR count). The van der Waals surface area contributed by atoms with Gasteiger partial charge in [0, 0.05) is 0 Å². The predicted molar refractivity (Wildman–Crippen MR) is 64.3 cm³/mol. The fourth-order valence-corrected chi connectivity index (χ4v) is 3.14. The lowest BCUT2D eigenvalue weighted by molar-refractivity contribution is 0.319. The molecular formula is C14H26.